The third kappa shape index (κ3) is 2.77. The van der Waals surface area contributed by atoms with E-state index < -0.39 is 0 Å². The van der Waals surface area contributed by atoms with E-state index in [-0.39, 0.29) is 6.10 Å². The van der Waals surface area contributed by atoms with Crippen LogP contribution in [0.2, 0.25) is 0 Å². The molecule has 1 aliphatic rings. The van der Waals surface area contributed by atoms with Gasteiger partial charge in [0.25, 0.3) is 0 Å². The Morgan fingerprint density at radius 2 is 2.20 bits per heavy atom. The fourth-order valence-electron chi connectivity index (χ4n) is 2.30. The first-order valence-electron chi connectivity index (χ1n) is 6.96. The van der Waals surface area contributed by atoms with Crippen LogP contribution in [0.5, 0.6) is 11.5 Å². The minimum atomic E-state index is 0.0370. The fourth-order valence-corrected chi connectivity index (χ4v) is 2.30. The van der Waals surface area contributed by atoms with Gasteiger partial charge in [0.05, 0.1) is 6.54 Å². The number of rotatable bonds is 5. The molecule has 1 aromatic carbocycles. The molecule has 106 valence electrons. The summed E-state index contributed by atoms with van der Waals surface area (Å²) in [7, 11) is 0. The topological polar surface area (TPSA) is 48.3 Å². The standard InChI is InChI=1S/C15H19N3O2/c1-2-18-8-7-17-15(18)10-16-9-12-11-19-13-5-3-4-6-14(13)20-12/h3-8,12,16H,2,9-11H2,1H3/t12-/m1/s1. The van der Waals surface area contributed by atoms with Crippen molar-refractivity contribution in [2.75, 3.05) is 13.2 Å². The van der Waals surface area contributed by atoms with Gasteiger partial charge in [-0.05, 0) is 19.1 Å². The Hall–Kier alpha value is -2.01. The van der Waals surface area contributed by atoms with Crippen LogP contribution in [0.4, 0.5) is 0 Å². The second-order valence-electron chi connectivity index (χ2n) is 4.76. The van der Waals surface area contributed by atoms with Crippen LogP contribution in [-0.4, -0.2) is 28.8 Å². The molecule has 1 aromatic heterocycles. The number of benzene rings is 1. The van der Waals surface area contributed by atoms with Gasteiger partial charge >= 0.3 is 0 Å². The second-order valence-corrected chi connectivity index (χ2v) is 4.76. The molecule has 0 fully saturated rings. The average molecular weight is 273 g/mol. The lowest BCUT2D eigenvalue weighted by Gasteiger charge is -2.26. The van der Waals surface area contributed by atoms with Gasteiger partial charge in [0.2, 0.25) is 0 Å². The number of fused-ring (bicyclic) bond motifs is 1. The summed E-state index contributed by atoms with van der Waals surface area (Å²) < 4.78 is 13.7. The van der Waals surface area contributed by atoms with Gasteiger partial charge in [-0.15, -0.1) is 0 Å². The van der Waals surface area contributed by atoms with Crippen LogP contribution in [0.3, 0.4) is 0 Å². The zero-order valence-corrected chi connectivity index (χ0v) is 11.6. The maximum atomic E-state index is 5.89. The molecule has 1 atom stereocenters. The van der Waals surface area contributed by atoms with Gasteiger partial charge in [-0.25, -0.2) is 4.98 Å². The van der Waals surface area contributed by atoms with Crippen LogP contribution in [0.15, 0.2) is 36.7 Å². The molecular weight excluding hydrogens is 254 g/mol. The molecule has 0 bridgehead atoms. The molecule has 1 N–H and O–H groups in total. The number of aromatic nitrogens is 2. The van der Waals surface area contributed by atoms with Crippen molar-refractivity contribution in [3.63, 3.8) is 0 Å². The summed E-state index contributed by atoms with van der Waals surface area (Å²) in [5, 5.41) is 3.37. The van der Waals surface area contributed by atoms with E-state index in [1.54, 1.807) is 0 Å². The van der Waals surface area contributed by atoms with Gasteiger partial charge in [0, 0.05) is 25.5 Å². The van der Waals surface area contributed by atoms with Crippen LogP contribution in [0.1, 0.15) is 12.7 Å². The number of imidazole rings is 1. The Morgan fingerprint density at radius 3 is 3.05 bits per heavy atom. The van der Waals surface area contributed by atoms with Crippen LogP contribution in [-0.2, 0) is 13.1 Å². The Kier molecular flexibility index (Phi) is 3.87. The minimum absolute atomic E-state index is 0.0370. The highest BCUT2D eigenvalue weighted by atomic mass is 16.6. The molecule has 1 aliphatic heterocycles. The molecule has 0 amide bonds. The lowest BCUT2D eigenvalue weighted by atomic mass is 10.2. The zero-order chi connectivity index (χ0) is 13.8. The number of hydrogen-bond acceptors (Lipinski definition) is 4. The number of aryl methyl sites for hydroxylation is 1. The fraction of sp³-hybridized carbons (Fsp3) is 0.400. The summed E-state index contributed by atoms with van der Waals surface area (Å²) in [4.78, 5) is 4.33. The Morgan fingerprint density at radius 1 is 1.35 bits per heavy atom. The molecule has 20 heavy (non-hydrogen) atoms. The molecule has 0 radical (unpaired) electrons. The Bertz CT molecular complexity index is 568. The number of ether oxygens (including phenoxy) is 2. The molecule has 5 heteroatoms. The van der Waals surface area contributed by atoms with Crippen LogP contribution in [0, 0.1) is 0 Å². The van der Waals surface area contributed by atoms with Crippen LogP contribution < -0.4 is 14.8 Å². The lowest BCUT2D eigenvalue weighted by molar-refractivity contribution is 0.0900. The van der Waals surface area contributed by atoms with Crippen molar-refractivity contribution in [3.05, 3.63) is 42.5 Å². The number of nitrogens with one attached hydrogen (secondary N) is 1. The highest BCUT2D eigenvalue weighted by Gasteiger charge is 2.20. The number of nitrogens with zero attached hydrogens (tertiary/aromatic N) is 2. The Balaban J connectivity index is 1.51. The number of hydrogen-bond donors (Lipinski definition) is 1. The van der Waals surface area contributed by atoms with Gasteiger partial charge in [-0.1, -0.05) is 12.1 Å². The van der Waals surface area contributed by atoms with E-state index in [0.717, 1.165) is 37.0 Å². The molecule has 5 nitrogen and oxygen atoms in total. The first-order chi connectivity index (χ1) is 9.86. The first-order valence-corrected chi connectivity index (χ1v) is 6.96. The molecule has 3 rings (SSSR count). The molecule has 2 aromatic rings. The number of para-hydroxylation sites is 2. The highest BCUT2D eigenvalue weighted by Crippen LogP contribution is 2.30. The maximum absolute atomic E-state index is 5.89. The smallest absolute Gasteiger partial charge is 0.161 e. The lowest BCUT2D eigenvalue weighted by Crippen LogP contribution is -2.38. The first kappa shape index (κ1) is 13.0. The van der Waals surface area contributed by atoms with E-state index in [2.05, 4.69) is 21.8 Å². The van der Waals surface area contributed by atoms with E-state index in [4.69, 9.17) is 9.47 Å². The van der Waals surface area contributed by atoms with Crippen molar-refractivity contribution >= 4 is 0 Å². The van der Waals surface area contributed by atoms with Crippen molar-refractivity contribution in [3.8, 4) is 11.5 Å². The largest absolute Gasteiger partial charge is 0.486 e. The van der Waals surface area contributed by atoms with Crippen molar-refractivity contribution < 1.29 is 9.47 Å². The summed E-state index contributed by atoms with van der Waals surface area (Å²) in [6.07, 6.45) is 3.86. The molecule has 0 spiro atoms. The van der Waals surface area contributed by atoms with Crippen LogP contribution in [0.25, 0.3) is 0 Å². The van der Waals surface area contributed by atoms with E-state index in [9.17, 15) is 0 Å². The van der Waals surface area contributed by atoms with Gasteiger partial charge in [0.1, 0.15) is 18.5 Å². The molecule has 0 aliphatic carbocycles. The average Bonchev–Trinajstić information content (AvgIpc) is 2.95. The molecular formula is C15H19N3O2. The summed E-state index contributed by atoms with van der Waals surface area (Å²) in [6, 6.07) is 7.77. The SMILES string of the molecule is CCn1ccnc1CNC[C@@H]1COc2ccccc2O1. The molecule has 0 saturated carbocycles. The van der Waals surface area contributed by atoms with E-state index in [0.29, 0.717) is 6.61 Å². The van der Waals surface area contributed by atoms with Crippen molar-refractivity contribution in [1.82, 2.24) is 14.9 Å². The third-order valence-corrected chi connectivity index (χ3v) is 3.37. The zero-order valence-electron chi connectivity index (χ0n) is 11.6. The van der Waals surface area contributed by atoms with Gasteiger partial charge in [0.15, 0.2) is 11.5 Å². The predicted molar refractivity (Wildman–Crippen MR) is 76.0 cm³/mol. The summed E-state index contributed by atoms with van der Waals surface area (Å²) >= 11 is 0. The van der Waals surface area contributed by atoms with E-state index in [1.807, 2.05) is 36.7 Å². The normalized spacial score (nSPS) is 17.1. The van der Waals surface area contributed by atoms with Crippen molar-refractivity contribution in [2.24, 2.45) is 0 Å². The van der Waals surface area contributed by atoms with Crippen LogP contribution >= 0.6 is 0 Å². The van der Waals surface area contributed by atoms with Gasteiger partial charge in [-0.2, -0.15) is 0 Å². The molecule has 0 saturated heterocycles. The quantitative estimate of drug-likeness (QED) is 0.903. The van der Waals surface area contributed by atoms with E-state index in [1.165, 1.54) is 0 Å². The van der Waals surface area contributed by atoms with Crippen molar-refractivity contribution in [2.45, 2.75) is 26.1 Å². The van der Waals surface area contributed by atoms with Gasteiger partial charge in [-0.3, -0.25) is 0 Å². The van der Waals surface area contributed by atoms with Crippen molar-refractivity contribution in [1.29, 1.82) is 0 Å². The molecule has 2 heterocycles. The summed E-state index contributed by atoms with van der Waals surface area (Å²) in [5.74, 6) is 2.69. The summed E-state index contributed by atoms with van der Waals surface area (Å²) in [5.41, 5.74) is 0. The summed E-state index contributed by atoms with van der Waals surface area (Å²) in [6.45, 7) is 5.10. The maximum Gasteiger partial charge on any atom is 0.161 e. The van der Waals surface area contributed by atoms with E-state index >= 15 is 0 Å². The van der Waals surface area contributed by atoms with Gasteiger partial charge < -0.3 is 19.4 Å². The molecule has 0 unspecified atom stereocenters. The Labute approximate surface area is 118 Å². The second kappa shape index (κ2) is 5.96. The monoisotopic (exact) mass is 273 g/mol. The predicted octanol–water partition coefficient (Wildman–Crippen LogP) is 1.83. The minimum Gasteiger partial charge on any atom is -0.486 e. The third-order valence-electron chi connectivity index (χ3n) is 3.37. The highest BCUT2D eigenvalue weighted by molar-refractivity contribution is 5.40.